The Morgan fingerprint density at radius 3 is 2.71 bits per heavy atom. The maximum Gasteiger partial charge on any atom is 0.260 e. The fourth-order valence-corrected chi connectivity index (χ4v) is 4.50. The van der Waals surface area contributed by atoms with Gasteiger partial charge in [-0.3, -0.25) is 9.69 Å². The Balaban J connectivity index is 1.66. The summed E-state index contributed by atoms with van der Waals surface area (Å²) in [6.07, 6.45) is 6.22. The van der Waals surface area contributed by atoms with Gasteiger partial charge in [0.2, 0.25) is 0 Å². The van der Waals surface area contributed by atoms with Gasteiger partial charge in [0.05, 0.1) is 30.8 Å². The molecule has 0 N–H and O–H groups in total. The minimum atomic E-state index is -0.122. The smallest absolute Gasteiger partial charge is 0.260 e. The number of aromatic nitrogens is 3. The summed E-state index contributed by atoms with van der Waals surface area (Å²) in [5.74, 6) is 0.983. The van der Waals surface area contributed by atoms with E-state index < -0.39 is 0 Å². The number of carbonyl (C=O) groups excluding carboxylic acids is 1. The number of fused-ring (bicyclic) bond motifs is 1. The van der Waals surface area contributed by atoms with E-state index in [9.17, 15) is 4.79 Å². The molecule has 4 rings (SSSR count). The molecule has 160 valence electrons. The van der Waals surface area contributed by atoms with Crippen LogP contribution in [0.25, 0.3) is 10.2 Å². The van der Waals surface area contributed by atoms with Crippen LogP contribution in [0.5, 0.6) is 11.5 Å². The number of nitrogens with zero attached hydrogens (tertiary/aromatic N) is 4. The second-order valence-corrected chi connectivity index (χ2v) is 8.11. The van der Waals surface area contributed by atoms with Gasteiger partial charge in [-0.1, -0.05) is 23.5 Å². The maximum atomic E-state index is 13.5. The van der Waals surface area contributed by atoms with Crippen molar-refractivity contribution in [3.8, 4) is 11.5 Å². The first-order chi connectivity index (χ1) is 15.1. The third kappa shape index (κ3) is 4.39. The monoisotopic (exact) mass is 436 g/mol. The highest BCUT2D eigenvalue weighted by Gasteiger charge is 2.22. The number of methoxy groups -OCH3 is 2. The van der Waals surface area contributed by atoms with Crippen molar-refractivity contribution in [2.45, 2.75) is 19.9 Å². The molecule has 0 bridgehead atoms. The quantitative estimate of drug-likeness (QED) is 0.405. The minimum absolute atomic E-state index is 0.122. The molecule has 0 saturated heterocycles. The Labute approximate surface area is 184 Å². The molecular formula is C23H24N4O3S. The largest absolute Gasteiger partial charge is 0.493 e. The zero-order chi connectivity index (χ0) is 21.8. The Hall–Kier alpha value is -3.39. The standard InChI is InChI=1S/C23H24N4O3S/c1-16-6-4-7-20-21(16)25-23(31-20)27(12-5-11-26-13-10-24-15-26)22(28)17-8-9-18(29-2)19(14-17)30-3/h4,6-10,13-15H,5,11-12H2,1-3H3. The van der Waals surface area contributed by atoms with E-state index in [1.807, 2.05) is 35.9 Å². The Kier molecular flexibility index (Phi) is 6.18. The number of hydrogen-bond acceptors (Lipinski definition) is 6. The molecule has 4 aromatic rings. The van der Waals surface area contributed by atoms with Gasteiger partial charge in [0.15, 0.2) is 16.6 Å². The number of hydrogen-bond donors (Lipinski definition) is 0. The predicted octanol–water partition coefficient (Wildman–Crippen LogP) is 4.56. The molecule has 0 atom stereocenters. The van der Waals surface area contributed by atoms with Crippen molar-refractivity contribution < 1.29 is 14.3 Å². The third-order valence-corrected chi connectivity index (χ3v) is 6.12. The number of para-hydroxylation sites is 1. The van der Waals surface area contributed by atoms with Crippen LogP contribution in [0.15, 0.2) is 55.1 Å². The van der Waals surface area contributed by atoms with Crippen LogP contribution in [0.1, 0.15) is 22.3 Å². The zero-order valence-corrected chi connectivity index (χ0v) is 18.6. The fraction of sp³-hybridized carbons (Fsp3) is 0.261. The lowest BCUT2D eigenvalue weighted by molar-refractivity contribution is 0.0986. The number of aryl methyl sites for hydroxylation is 2. The first-order valence-electron chi connectivity index (χ1n) is 9.96. The van der Waals surface area contributed by atoms with Crippen LogP contribution in [0, 0.1) is 6.92 Å². The summed E-state index contributed by atoms with van der Waals surface area (Å²) in [5.41, 5.74) is 2.55. The van der Waals surface area contributed by atoms with Crippen molar-refractivity contribution in [2.75, 3.05) is 25.7 Å². The number of anilines is 1. The molecular weight excluding hydrogens is 412 g/mol. The van der Waals surface area contributed by atoms with Crippen LogP contribution >= 0.6 is 11.3 Å². The lowest BCUT2D eigenvalue weighted by atomic mass is 10.1. The van der Waals surface area contributed by atoms with Crippen LogP contribution in [-0.2, 0) is 6.54 Å². The van der Waals surface area contributed by atoms with Gasteiger partial charge in [-0.25, -0.2) is 9.97 Å². The SMILES string of the molecule is COc1ccc(C(=O)N(CCCn2ccnc2)c2nc3c(C)cccc3s2)cc1OC. The zero-order valence-electron chi connectivity index (χ0n) is 17.7. The van der Waals surface area contributed by atoms with Crippen LogP contribution in [0.3, 0.4) is 0 Å². The molecule has 0 saturated carbocycles. The van der Waals surface area contributed by atoms with E-state index >= 15 is 0 Å². The molecule has 2 aromatic heterocycles. The Bertz CT molecular complexity index is 1190. The van der Waals surface area contributed by atoms with E-state index in [0.29, 0.717) is 28.7 Å². The summed E-state index contributed by atoms with van der Waals surface area (Å²) in [6.45, 7) is 3.33. The molecule has 1 amide bonds. The van der Waals surface area contributed by atoms with E-state index in [4.69, 9.17) is 14.5 Å². The van der Waals surface area contributed by atoms with Crippen LogP contribution in [0.4, 0.5) is 5.13 Å². The average molecular weight is 437 g/mol. The number of amides is 1. The second-order valence-electron chi connectivity index (χ2n) is 7.10. The van der Waals surface area contributed by atoms with E-state index in [2.05, 4.69) is 4.98 Å². The van der Waals surface area contributed by atoms with Gasteiger partial charge < -0.3 is 14.0 Å². The van der Waals surface area contributed by atoms with E-state index in [0.717, 1.165) is 28.7 Å². The molecule has 0 aliphatic carbocycles. The van der Waals surface area contributed by atoms with Crippen molar-refractivity contribution in [3.63, 3.8) is 0 Å². The number of thiazole rings is 1. The normalized spacial score (nSPS) is 10.9. The molecule has 0 radical (unpaired) electrons. The number of rotatable bonds is 8. The highest BCUT2D eigenvalue weighted by molar-refractivity contribution is 7.22. The molecule has 2 aromatic carbocycles. The Morgan fingerprint density at radius 1 is 1.16 bits per heavy atom. The molecule has 0 aliphatic rings. The van der Waals surface area contributed by atoms with Gasteiger partial charge >= 0.3 is 0 Å². The van der Waals surface area contributed by atoms with Crippen LogP contribution < -0.4 is 14.4 Å². The highest BCUT2D eigenvalue weighted by Crippen LogP contribution is 2.33. The van der Waals surface area contributed by atoms with Crippen molar-refractivity contribution in [1.82, 2.24) is 14.5 Å². The third-order valence-electron chi connectivity index (χ3n) is 5.07. The van der Waals surface area contributed by atoms with Crippen LogP contribution in [0.2, 0.25) is 0 Å². The summed E-state index contributed by atoms with van der Waals surface area (Å²) in [7, 11) is 3.14. The Morgan fingerprint density at radius 2 is 2.00 bits per heavy atom. The number of carbonyl (C=O) groups is 1. The molecule has 0 fully saturated rings. The van der Waals surface area contributed by atoms with Crippen LogP contribution in [-0.4, -0.2) is 41.2 Å². The first-order valence-corrected chi connectivity index (χ1v) is 10.8. The molecule has 31 heavy (non-hydrogen) atoms. The summed E-state index contributed by atoms with van der Waals surface area (Å²) in [6, 6.07) is 11.3. The predicted molar refractivity (Wildman–Crippen MR) is 122 cm³/mol. The summed E-state index contributed by atoms with van der Waals surface area (Å²) in [5, 5.41) is 0.690. The lowest BCUT2D eigenvalue weighted by Gasteiger charge is -2.20. The lowest BCUT2D eigenvalue weighted by Crippen LogP contribution is -2.32. The van der Waals surface area contributed by atoms with Gasteiger partial charge in [-0.2, -0.15) is 0 Å². The summed E-state index contributed by atoms with van der Waals surface area (Å²) >= 11 is 1.53. The molecule has 0 spiro atoms. The number of benzene rings is 2. The van der Waals surface area contributed by atoms with Gasteiger partial charge in [0.25, 0.3) is 5.91 Å². The molecule has 0 aliphatic heterocycles. The molecule has 7 nitrogen and oxygen atoms in total. The van der Waals surface area contributed by atoms with Gasteiger partial charge in [-0.05, 0) is 43.2 Å². The molecule has 2 heterocycles. The minimum Gasteiger partial charge on any atom is -0.493 e. The van der Waals surface area contributed by atoms with Gasteiger partial charge in [0, 0.05) is 31.0 Å². The highest BCUT2D eigenvalue weighted by atomic mass is 32.1. The fourth-order valence-electron chi connectivity index (χ4n) is 3.43. The number of ether oxygens (including phenoxy) is 2. The average Bonchev–Trinajstić information content (AvgIpc) is 3.46. The first kappa shape index (κ1) is 20.9. The van der Waals surface area contributed by atoms with Gasteiger partial charge in [0.1, 0.15) is 0 Å². The summed E-state index contributed by atoms with van der Waals surface area (Å²) in [4.78, 5) is 24.2. The van der Waals surface area contributed by atoms with E-state index in [1.165, 1.54) is 11.3 Å². The van der Waals surface area contributed by atoms with Crippen molar-refractivity contribution in [3.05, 3.63) is 66.2 Å². The van der Waals surface area contributed by atoms with E-state index in [1.54, 1.807) is 49.8 Å². The van der Waals surface area contributed by atoms with Crippen molar-refractivity contribution in [2.24, 2.45) is 0 Å². The van der Waals surface area contributed by atoms with E-state index in [-0.39, 0.29) is 5.91 Å². The van der Waals surface area contributed by atoms with Gasteiger partial charge in [-0.15, -0.1) is 0 Å². The maximum absolute atomic E-state index is 13.5. The molecule has 8 heteroatoms. The number of imidazole rings is 1. The van der Waals surface area contributed by atoms with Crippen molar-refractivity contribution >= 4 is 32.6 Å². The van der Waals surface area contributed by atoms with Crippen molar-refractivity contribution in [1.29, 1.82) is 0 Å². The summed E-state index contributed by atoms with van der Waals surface area (Å²) < 4.78 is 13.8. The molecule has 0 unspecified atom stereocenters. The second kappa shape index (κ2) is 9.18. The topological polar surface area (TPSA) is 69.5 Å².